The van der Waals surface area contributed by atoms with Crippen LogP contribution in [0.1, 0.15) is 63.5 Å². The Hall–Kier alpha value is -2.93. The normalized spacial score (nSPS) is 20.5. The van der Waals surface area contributed by atoms with E-state index in [4.69, 9.17) is 4.74 Å². The Bertz CT molecular complexity index is 961. The lowest BCUT2D eigenvalue weighted by molar-refractivity contribution is -0.139. The van der Waals surface area contributed by atoms with Crippen molar-refractivity contribution in [2.75, 3.05) is 13.6 Å². The summed E-state index contributed by atoms with van der Waals surface area (Å²) in [6.45, 7) is 2.51. The van der Waals surface area contributed by atoms with Crippen molar-refractivity contribution in [2.45, 2.75) is 70.0 Å². The second kappa shape index (κ2) is 11.5. The minimum absolute atomic E-state index is 0.0282. The van der Waals surface area contributed by atoms with Crippen LogP contribution in [0.5, 0.6) is 11.5 Å². The minimum Gasteiger partial charge on any atom is -0.456 e. The van der Waals surface area contributed by atoms with Gasteiger partial charge in [-0.15, -0.1) is 0 Å². The van der Waals surface area contributed by atoms with Crippen molar-refractivity contribution >= 4 is 11.8 Å². The summed E-state index contributed by atoms with van der Waals surface area (Å²) >= 11 is 0. The molecule has 2 heterocycles. The summed E-state index contributed by atoms with van der Waals surface area (Å²) in [5, 5.41) is 6.08. The van der Waals surface area contributed by atoms with Crippen LogP contribution in [0.2, 0.25) is 0 Å². The number of benzene rings is 1. The molecule has 182 valence electrons. The van der Waals surface area contributed by atoms with E-state index < -0.39 is 6.04 Å². The summed E-state index contributed by atoms with van der Waals surface area (Å²) in [6, 6.07) is 10.7. The summed E-state index contributed by atoms with van der Waals surface area (Å²) in [4.78, 5) is 33.0. The van der Waals surface area contributed by atoms with Crippen molar-refractivity contribution in [3.63, 3.8) is 0 Å². The number of aromatic nitrogens is 1. The lowest BCUT2D eigenvalue weighted by Gasteiger charge is -2.35. The van der Waals surface area contributed by atoms with Crippen LogP contribution in [0.25, 0.3) is 0 Å². The Morgan fingerprint density at radius 1 is 1.03 bits per heavy atom. The number of ether oxygens (including phenoxy) is 1. The van der Waals surface area contributed by atoms with E-state index in [0.29, 0.717) is 12.3 Å². The molecule has 1 aliphatic carbocycles. The van der Waals surface area contributed by atoms with Crippen molar-refractivity contribution < 1.29 is 14.3 Å². The molecule has 1 aromatic carbocycles. The summed E-state index contributed by atoms with van der Waals surface area (Å²) in [6.07, 6.45) is 10.7. The van der Waals surface area contributed by atoms with Gasteiger partial charge in [-0.25, -0.2) is 0 Å². The van der Waals surface area contributed by atoms with Crippen LogP contribution in [0, 0.1) is 5.92 Å². The summed E-state index contributed by atoms with van der Waals surface area (Å²) in [5.74, 6) is 1.49. The largest absolute Gasteiger partial charge is 0.456 e. The molecule has 2 fully saturated rings. The topological polar surface area (TPSA) is 83.6 Å². The number of hydrogen-bond acceptors (Lipinski definition) is 5. The third-order valence-electron chi connectivity index (χ3n) is 7.15. The molecule has 4 rings (SSSR count). The molecular weight excluding hydrogens is 428 g/mol. The number of nitrogens with zero attached hydrogens (tertiary/aromatic N) is 2. The number of amides is 2. The van der Waals surface area contributed by atoms with Crippen LogP contribution in [0.4, 0.5) is 0 Å². The van der Waals surface area contributed by atoms with Gasteiger partial charge in [-0.3, -0.25) is 14.6 Å². The van der Waals surface area contributed by atoms with Crippen LogP contribution >= 0.6 is 0 Å². The number of carbonyl (C=O) groups excluding carboxylic acids is 2. The van der Waals surface area contributed by atoms with Crippen molar-refractivity contribution in [1.82, 2.24) is 20.5 Å². The number of likely N-dealkylation sites (tertiary alicyclic amines) is 1. The van der Waals surface area contributed by atoms with Gasteiger partial charge in [0.05, 0.1) is 18.3 Å². The van der Waals surface area contributed by atoms with Gasteiger partial charge in [-0.05, 0) is 69.3 Å². The van der Waals surface area contributed by atoms with Crippen molar-refractivity contribution in [2.24, 2.45) is 5.92 Å². The molecule has 1 aliphatic heterocycles. The van der Waals surface area contributed by atoms with Gasteiger partial charge in [-0.2, -0.15) is 0 Å². The van der Waals surface area contributed by atoms with Gasteiger partial charge in [0.15, 0.2) is 0 Å². The van der Waals surface area contributed by atoms with Crippen LogP contribution in [-0.2, 0) is 9.59 Å². The maximum atomic E-state index is 13.9. The molecule has 0 bridgehead atoms. The maximum absolute atomic E-state index is 13.9. The predicted octanol–water partition coefficient (Wildman–Crippen LogP) is 4.21. The molecule has 7 heteroatoms. The number of nitrogens with one attached hydrogen (secondary N) is 2. The van der Waals surface area contributed by atoms with E-state index in [1.807, 2.05) is 54.4 Å². The molecule has 1 saturated heterocycles. The molecule has 2 aliphatic rings. The highest BCUT2D eigenvalue weighted by Gasteiger charge is 2.39. The van der Waals surface area contributed by atoms with Crippen LogP contribution in [-0.4, -0.2) is 47.4 Å². The van der Waals surface area contributed by atoms with Gasteiger partial charge in [0.25, 0.3) is 0 Å². The van der Waals surface area contributed by atoms with Gasteiger partial charge in [0.1, 0.15) is 17.5 Å². The average Bonchev–Trinajstić information content (AvgIpc) is 3.38. The molecule has 1 aromatic heterocycles. The zero-order chi connectivity index (χ0) is 23.9. The number of likely N-dealkylation sites (N-methyl/N-ethyl adjacent to an activating group) is 1. The fourth-order valence-electron chi connectivity index (χ4n) is 5.11. The highest BCUT2D eigenvalue weighted by Crippen LogP contribution is 2.36. The number of pyridine rings is 1. The standard InChI is InChI=1S/C27H36N4O3/c1-19(28-2)26(32)30-25(20-10-5-3-6-11-20)27(33)31-15-9-14-24(31)21-16-23(18-29-17-21)34-22-12-7-4-8-13-22/h4,7-8,12-13,16-20,24-25,28H,3,5-6,9-11,14-15H2,1-2H3,(H,30,32)/t19-,24-,25-/m0/s1. The van der Waals surface area contributed by atoms with Crippen molar-refractivity contribution in [3.8, 4) is 11.5 Å². The Kier molecular flexibility index (Phi) is 8.16. The lowest BCUT2D eigenvalue weighted by atomic mass is 9.83. The second-order valence-corrected chi connectivity index (χ2v) is 9.45. The van der Waals surface area contributed by atoms with E-state index in [1.165, 1.54) is 6.42 Å². The SMILES string of the molecule is CN[C@@H](C)C(=O)N[C@H](C(=O)N1CCC[C@H]1c1cncc(Oc2ccccc2)c1)C1CCCCC1. The van der Waals surface area contributed by atoms with Gasteiger partial charge in [0, 0.05) is 12.7 Å². The third kappa shape index (κ3) is 5.76. The van der Waals surface area contributed by atoms with E-state index >= 15 is 0 Å². The van der Waals surface area contributed by atoms with Gasteiger partial charge >= 0.3 is 0 Å². The molecular formula is C27H36N4O3. The Morgan fingerprint density at radius 2 is 1.79 bits per heavy atom. The Labute approximate surface area is 202 Å². The first-order chi connectivity index (χ1) is 16.6. The zero-order valence-corrected chi connectivity index (χ0v) is 20.2. The predicted molar refractivity (Wildman–Crippen MR) is 131 cm³/mol. The minimum atomic E-state index is -0.485. The van der Waals surface area contributed by atoms with E-state index in [0.717, 1.165) is 49.8 Å². The first-order valence-electron chi connectivity index (χ1n) is 12.5. The van der Waals surface area contributed by atoms with Crippen molar-refractivity contribution in [1.29, 1.82) is 0 Å². The molecule has 7 nitrogen and oxygen atoms in total. The molecule has 34 heavy (non-hydrogen) atoms. The van der Waals surface area contributed by atoms with Gasteiger partial charge < -0.3 is 20.3 Å². The fourth-order valence-corrected chi connectivity index (χ4v) is 5.11. The zero-order valence-electron chi connectivity index (χ0n) is 20.2. The summed E-state index contributed by atoms with van der Waals surface area (Å²) < 4.78 is 5.98. The fraction of sp³-hybridized carbons (Fsp3) is 0.519. The maximum Gasteiger partial charge on any atom is 0.245 e. The summed E-state index contributed by atoms with van der Waals surface area (Å²) in [7, 11) is 1.76. The highest BCUT2D eigenvalue weighted by molar-refractivity contribution is 5.90. The number of rotatable bonds is 8. The first kappa shape index (κ1) is 24.2. The molecule has 3 atom stereocenters. The second-order valence-electron chi connectivity index (χ2n) is 9.45. The monoisotopic (exact) mass is 464 g/mol. The van der Waals surface area contributed by atoms with Crippen LogP contribution in [0.15, 0.2) is 48.8 Å². The highest BCUT2D eigenvalue weighted by atomic mass is 16.5. The molecule has 2 aromatic rings. The Morgan fingerprint density at radius 3 is 2.53 bits per heavy atom. The van der Waals surface area contributed by atoms with Crippen LogP contribution < -0.4 is 15.4 Å². The van der Waals surface area contributed by atoms with E-state index in [1.54, 1.807) is 13.2 Å². The third-order valence-corrected chi connectivity index (χ3v) is 7.15. The number of para-hydroxylation sites is 1. The molecule has 0 unspecified atom stereocenters. The van der Waals surface area contributed by atoms with E-state index in [9.17, 15) is 9.59 Å². The smallest absolute Gasteiger partial charge is 0.245 e. The molecule has 0 radical (unpaired) electrons. The lowest BCUT2D eigenvalue weighted by Crippen LogP contribution is -2.55. The molecule has 2 amide bonds. The quantitative estimate of drug-likeness (QED) is 0.611. The number of carbonyl (C=O) groups is 2. The van der Waals surface area contributed by atoms with Gasteiger partial charge in [-0.1, -0.05) is 37.5 Å². The number of hydrogen-bond donors (Lipinski definition) is 2. The summed E-state index contributed by atoms with van der Waals surface area (Å²) in [5.41, 5.74) is 0.969. The van der Waals surface area contributed by atoms with Crippen molar-refractivity contribution in [3.05, 3.63) is 54.4 Å². The molecule has 0 spiro atoms. The van der Waals surface area contributed by atoms with Gasteiger partial charge in [0.2, 0.25) is 11.8 Å². The molecule has 1 saturated carbocycles. The Balaban J connectivity index is 1.53. The first-order valence-corrected chi connectivity index (χ1v) is 12.5. The van der Waals surface area contributed by atoms with E-state index in [2.05, 4.69) is 15.6 Å². The van der Waals surface area contributed by atoms with Crippen LogP contribution in [0.3, 0.4) is 0 Å². The average molecular weight is 465 g/mol. The molecule has 2 N–H and O–H groups in total. The van der Waals surface area contributed by atoms with E-state index in [-0.39, 0.29) is 29.8 Å².